The monoisotopic (exact) mass is 473 g/mol. The molecule has 180 valence electrons. The number of amides is 2. The summed E-state index contributed by atoms with van der Waals surface area (Å²) in [7, 11) is -3.73. The smallest absolute Gasteiger partial charge is 0.244 e. The van der Waals surface area contributed by atoms with Gasteiger partial charge in [0.2, 0.25) is 21.8 Å². The summed E-state index contributed by atoms with van der Waals surface area (Å²) in [5, 5.41) is 2.91. The largest absolute Gasteiger partial charge is 0.350 e. The number of sulfonamides is 1. The van der Waals surface area contributed by atoms with Crippen LogP contribution in [0.2, 0.25) is 0 Å². The number of aryl methyl sites for hydroxylation is 1. The van der Waals surface area contributed by atoms with Crippen molar-refractivity contribution in [3.8, 4) is 0 Å². The average Bonchev–Trinajstić information content (AvgIpc) is 2.71. The summed E-state index contributed by atoms with van der Waals surface area (Å²) in [6.45, 7) is 8.98. The van der Waals surface area contributed by atoms with Crippen LogP contribution in [0, 0.1) is 6.92 Å². The predicted molar refractivity (Wildman–Crippen MR) is 133 cm³/mol. The maximum atomic E-state index is 13.5. The molecule has 0 saturated carbocycles. The van der Waals surface area contributed by atoms with E-state index in [1.807, 2.05) is 57.2 Å². The van der Waals surface area contributed by atoms with Gasteiger partial charge in [-0.05, 0) is 58.2 Å². The van der Waals surface area contributed by atoms with Crippen LogP contribution in [0.5, 0.6) is 0 Å². The van der Waals surface area contributed by atoms with Crippen LogP contribution in [-0.4, -0.2) is 56.1 Å². The highest BCUT2D eigenvalue weighted by Crippen LogP contribution is 2.22. The fourth-order valence-electron chi connectivity index (χ4n) is 3.48. The molecule has 33 heavy (non-hydrogen) atoms. The Morgan fingerprint density at radius 2 is 1.58 bits per heavy atom. The van der Waals surface area contributed by atoms with Crippen LogP contribution >= 0.6 is 0 Å². The SMILES string of the molecule is Cc1ccccc1N(CC(=O)N(CCc1ccccc1)C(C)C(=O)NC(C)(C)C)S(C)(=O)=O. The van der Waals surface area contributed by atoms with Gasteiger partial charge in [-0.2, -0.15) is 0 Å². The number of para-hydroxylation sites is 1. The Hall–Kier alpha value is -2.87. The Morgan fingerprint density at radius 1 is 1.00 bits per heavy atom. The van der Waals surface area contributed by atoms with Gasteiger partial charge in [0, 0.05) is 12.1 Å². The first-order valence-electron chi connectivity index (χ1n) is 11.0. The fourth-order valence-corrected chi connectivity index (χ4v) is 4.39. The number of benzene rings is 2. The average molecular weight is 474 g/mol. The van der Waals surface area contributed by atoms with Crippen molar-refractivity contribution in [1.82, 2.24) is 10.2 Å². The molecule has 0 aliphatic carbocycles. The number of hydrogen-bond acceptors (Lipinski definition) is 4. The molecule has 8 heteroatoms. The van der Waals surface area contributed by atoms with E-state index in [9.17, 15) is 18.0 Å². The van der Waals surface area contributed by atoms with E-state index in [1.54, 1.807) is 32.0 Å². The van der Waals surface area contributed by atoms with Crippen molar-refractivity contribution in [2.75, 3.05) is 23.7 Å². The maximum Gasteiger partial charge on any atom is 0.244 e. The van der Waals surface area contributed by atoms with Gasteiger partial charge in [-0.1, -0.05) is 48.5 Å². The van der Waals surface area contributed by atoms with E-state index in [1.165, 1.54) is 4.90 Å². The molecule has 2 amide bonds. The van der Waals surface area contributed by atoms with Crippen LogP contribution < -0.4 is 9.62 Å². The number of anilines is 1. The van der Waals surface area contributed by atoms with E-state index in [0.29, 0.717) is 12.1 Å². The van der Waals surface area contributed by atoms with E-state index >= 15 is 0 Å². The van der Waals surface area contributed by atoms with Gasteiger partial charge in [-0.15, -0.1) is 0 Å². The molecule has 0 bridgehead atoms. The summed E-state index contributed by atoms with van der Waals surface area (Å²) in [5.74, 6) is -0.720. The van der Waals surface area contributed by atoms with Gasteiger partial charge in [0.25, 0.3) is 0 Å². The second kappa shape index (κ2) is 10.8. The van der Waals surface area contributed by atoms with Gasteiger partial charge in [0.15, 0.2) is 0 Å². The molecule has 2 aromatic rings. The highest BCUT2D eigenvalue weighted by molar-refractivity contribution is 7.92. The molecule has 0 aromatic heterocycles. The lowest BCUT2D eigenvalue weighted by atomic mass is 10.1. The number of nitrogens with one attached hydrogen (secondary N) is 1. The van der Waals surface area contributed by atoms with Crippen molar-refractivity contribution in [2.24, 2.45) is 0 Å². The molecule has 1 atom stereocenters. The van der Waals surface area contributed by atoms with E-state index in [-0.39, 0.29) is 19.0 Å². The van der Waals surface area contributed by atoms with Gasteiger partial charge in [-0.25, -0.2) is 8.42 Å². The summed E-state index contributed by atoms with van der Waals surface area (Å²) in [6.07, 6.45) is 1.62. The Balaban J connectivity index is 2.33. The molecule has 0 aliphatic rings. The minimum atomic E-state index is -3.73. The van der Waals surface area contributed by atoms with Crippen molar-refractivity contribution in [1.29, 1.82) is 0 Å². The van der Waals surface area contributed by atoms with Gasteiger partial charge in [-0.3, -0.25) is 13.9 Å². The third-order valence-corrected chi connectivity index (χ3v) is 6.34. The molecule has 0 heterocycles. The Bertz CT molecular complexity index is 1060. The quantitative estimate of drug-likeness (QED) is 0.606. The normalized spacial score (nSPS) is 12.7. The fraction of sp³-hybridized carbons (Fsp3) is 0.440. The van der Waals surface area contributed by atoms with Crippen molar-refractivity contribution < 1.29 is 18.0 Å². The van der Waals surface area contributed by atoms with E-state index in [0.717, 1.165) is 21.7 Å². The van der Waals surface area contributed by atoms with Crippen LogP contribution in [0.25, 0.3) is 0 Å². The zero-order chi connectivity index (χ0) is 24.8. The second-order valence-electron chi connectivity index (χ2n) is 9.29. The third-order valence-electron chi connectivity index (χ3n) is 5.21. The van der Waals surface area contributed by atoms with Crippen LogP contribution in [0.3, 0.4) is 0 Å². The topological polar surface area (TPSA) is 86.8 Å². The first kappa shape index (κ1) is 26.4. The number of carbonyl (C=O) groups is 2. The van der Waals surface area contributed by atoms with Crippen molar-refractivity contribution in [3.63, 3.8) is 0 Å². The standard InChI is InChI=1S/C25H35N3O4S/c1-19-12-10-11-15-22(19)28(33(6,31)32)18-23(29)27(17-16-21-13-8-7-9-14-21)20(2)24(30)26-25(3,4)5/h7-15,20H,16-18H2,1-6H3,(H,26,30). The van der Waals surface area contributed by atoms with Crippen LogP contribution in [0.15, 0.2) is 54.6 Å². The molecule has 0 saturated heterocycles. The maximum absolute atomic E-state index is 13.5. The minimum Gasteiger partial charge on any atom is -0.350 e. The Labute approximate surface area is 197 Å². The van der Waals surface area contributed by atoms with E-state index in [2.05, 4.69) is 5.32 Å². The van der Waals surface area contributed by atoms with Crippen molar-refractivity contribution in [2.45, 2.75) is 52.6 Å². The summed E-state index contributed by atoms with van der Waals surface area (Å²) >= 11 is 0. The third kappa shape index (κ3) is 7.89. The molecule has 2 aromatic carbocycles. The van der Waals surface area contributed by atoms with Gasteiger partial charge in [0.05, 0.1) is 11.9 Å². The molecule has 1 unspecified atom stereocenters. The van der Waals surface area contributed by atoms with Crippen molar-refractivity contribution >= 4 is 27.5 Å². The lowest BCUT2D eigenvalue weighted by Crippen LogP contribution is -2.55. The summed E-state index contributed by atoms with van der Waals surface area (Å²) < 4.78 is 26.3. The highest BCUT2D eigenvalue weighted by Gasteiger charge is 2.31. The van der Waals surface area contributed by atoms with E-state index in [4.69, 9.17) is 0 Å². The summed E-state index contributed by atoms with van der Waals surface area (Å²) in [5.41, 5.74) is 1.75. The molecule has 2 rings (SSSR count). The number of carbonyl (C=O) groups excluding carboxylic acids is 2. The van der Waals surface area contributed by atoms with Crippen LogP contribution in [-0.2, 0) is 26.0 Å². The minimum absolute atomic E-state index is 0.285. The molecule has 0 aliphatic heterocycles. The molecular weight excluding hydrogens is 438 g/mol. The van der Waals surface area contributed by atoms with Gasteiger partial charge >= 0.3 is 0 Å². The van der Waals surface area contributed by atoms with E-state index < -0.39 is 27.5 Å². The van der Waals surface area contributed by atoms with Crippen LogP contribution in [0.4, 0.5) is 5.69 Å². The number of hydrogen-bond donors (Lipinski definition) is 1. The molecule has 0 spiro atoms. The van der Waals surface area contributed by atoms with Crippen LogP contribution in [0.1, 0.15) is 38.8 Å². The first-order chi connectivity index (χ1) is 15.3. The highest BCUT2D eigenvalue weighted by atomic mass is 32.2. The molecule has 1 N–H and O–H groups in total. The Morgan fingerprint density at radius 3 is 2.12 bits per heavy atom. The molecule has 0 radical (unpaired) electrons. The van der Waals surface area contributed by atoms with Crippen molar-refractivity contribution in [3.05, 3.63) is 65.7 Å². The zero-order valence-corrected chi connectivity index (χ0v) is 21.1. The second-order valence-corrected chi connectivity index (χ2v) is 11.2. The molecule has 7 nitrogen and oxygen atoms in total. The number of rotatable bonds is 9. The first-order valence-corrected chi connectivity index (χ1v) is 12.8. The lowest BCUT2D eigenvalue weighted by molar-refractivity contribution is -0.139. The molecular formula is C25H35N3O4S. The zero-order valence-electron chi connectivity index (χ0n) is 20.3. The van der Waals surface area contributed by atoms with Gasteiger partial charge in [0.1, 0.15) is 12.6 Å². The Kier molecular flexibility index (Phi) is 8.66. The number of nitrogens with zero attached hydrogens (tertiary/aromatic N) is 2. The summed E-state index contributed by atoms with van der Waals surface area (Å²) in [4.78, 5) is 27.8. The predicted octanol–water partition coefficient (Wildman–Crippen LogP) is 3.14. The molecule has 0 fully saturated rings. The summed E-state index contributed by atoms with van der Waals surface area (Å²) in [6, 6.07) is 15.9. The van der Waals surface area contributed by atoms with Gasteiger partial charge < -0.3 is 10.2 Å². The lowest BCUT2D eigenvalue weighted by Gasteiger charge is -2.33.